The van der Waals surface area contributed by atoms with Gasteiger partial charge in [-0.2, -0.15) is 10.2 Å². The molecular formula is C18H25N5O2S2. The first-order valence-corrected chi connectivity index (χ1v) is 10.4. The van der Waals surface area contributed by atoms with Crippen LogP contribution in [0.1, 0.15) is 51.5 Å². The van der Waals surface area contributed by atoms with Crippen molar-refractivity contribution in [1.29, 1.82) is 0 Å². The molecule has 1 aromatic rings. The number of nitrogens with zero attached hydrogens (tertiary/aromatic N) is 4. The van der Waals surface area contributed by atoms with E-state index in [1.54, 1.807) is 18.6 Å². The third kappa shape index (κ3) is 4.77. The van der Waals surface area contributed by atoms with Crippen molar-refractivity contribution in [3.63, 3.8) is 0 Å². The number of hydrogen-bond donors (Lipinski definition) is 2. The molecule has 7 nitrogen and oxygen atoms in total. The van der Waals surface area contributed by atoms with Crippen molar-refractivity contribution in [3.05, 3.63) is 30.1 Å². The first kappa shape index (κ1) is 20.0. The number of carbonyl (C=O) groups excluding carboxylic acids is 1. The average Bonchev–Trinajstić information content (AvgIpc) is 2.88. The van der Waals surface area contributed by atoms with E-state index >= 15 is 0 Å². The van der Waals surface area contributed by atoms with Crippen molar-refractivity contribution in [2.75, 3.05) is 0 Å². The number of urea groups is 1. The molecular weight excluding hydrogens is 382 g/mol. The van der Waals surface area contributed by atoms with E-state index in [1.165, 1.54) is 23.2 Å². The highest BCUT2D eigenvalue weighted by atomic mass is 32.2. The maximum Gasteiger partial charge on any atom is 0.343 e. The first-order chi connectivity index (χ1) is 12.9. The summed E-state index contributed by atoms with van der Waals surface area (Å²) in [6.07, 6.45) is 9.60. The van der Waals surface area contributed by atoms with Crippen LogP contribution >= 0.6 is 24.0 Å². The lowest BCUT2D eigenvalue weighted by molar-refractivity contribution is -0.119. The van der Waals surface area contributed by atoms with Crippen LogP contribution < -0.4 is 5.32 Å². The number of rotatable bonds is 4. The van der Waals surface area contributed by atoms with Gasteiger partial charge in [-0.25, -0.2) is 9.80 Å². The van der Waals surface area contributed by atoms with Crippen molar-refractivity contribution in [3.8, 4) is 0 Å². The van der Waals surface area contributed by atoms with Crippen LogP contribution in [-0.4, -0.2) is 53.8 Å². The molecule has 1 saturated carbocycles. The summed E-state index contributed by atoms with van der Waals surface area (Å²) >= 11 is 6.85. The second-order valence-corrected chi connectivity index (χ2v) is 9.64. The molecule has 1 unspecified atom stereocenters. The van der Waals surface area contributed by atoms with Gasteiger partial charge >= 0.3 is 6.03 Å². The predicted octanol–water partition coefficient (Wildman–Crippen LogP) is 3.59. The van der Waals surface area contributed by atoms with Gasteiger partial charge in [-0.1, -0.05) is 49.3 Å². The Hall–Kier alpha value is -1.71. The van der Waals surface area contributed by atoms with Gasteiger partial charge in [-0.3, -0.25) is 10.2 Å². The van der Waals surface area contributed by atoms with Gasteiger partial charge in [0, 0.05) is 24.0 Å². The van der Waals surface area contributed by atoms with Gasteiger partial charge in [-0.05, 0) is 32.8 Å². The largest absolute Gasteiger partial charge is 0.343 e. The monoisotopic (exact) mass is 407 g/mol. The summed E-state index contributed by atoms with van der Waals surface area (Å²) in [5.74, 6) is 0. The predicted molar refractivity (Wildman–Crippen MR) is 111 cm³/mol. The number of carbonyl (C=O) groups is 1. The fraction of sp³-hybridized carbons (Fsp3) is 0.556. The van der Waals surface area contributed by atoms with E-state index in [9.17, 15) is 10.0 Å². The molecule has 9 heteroatoms. The summed E-state index contributed by atoms with van der Waals surface area (Å²) in [6.45, 7) is 3.87. The molecule has 2 N–H and O–H groups in total. The normalized spacial score (nSPS) is 23.0. The number of amides is 2. The minimum atomic E-state index is -0.702. The summed E-state index contributed by atoms with van der Waals surface area (Å²) in [5, 5.41) is 20.3. The van der Waals surface area contributed by atoms with Gasteiger partial charge in [0.15, 0.2) is 10.5 Å². The van der Waals surface area contributed by atoms with E-state index < -0.39 is 16.9 Å². The van der Waals surface area contributed by atoms with E-state index in [1.807, 2.05) is 26.0 Å². The Morgan fingerprint density at radius 3 is 2.89 bits per heavy atom. The third-order valence-electron chi connectivity index (χ3n) is 4.78. The Bertz CT molecular complexity index is 707. The summed E-state index contributed by atoms with van der Waals surface area (Å²) in [7, 11) is 0. The molecule has 1 atom stereocenters. The van der Waals surface area contributed by atoms with Crippen molar-refractivity contribution in [2.45, 2.75) is 62.9 Å². The molecule has 0 aromatic carbocycles. The molecule has 1 saturated heterocycles. The van der Waals surface area contributed by atoms with E-state index in [0.717, 1.165) is 36.3 Å². The van der Waals surface area contributed by atoms with E-state index in [-0.39, 0.29) is 6.04 Å². The number of thiocarbonyl (C=S) groups is 1. The van der Waals surface area contributed by atoms with Crippen molar-refractivity contribution >= 4 is 40.5 Å². The van der Waals surface area contributed by atoms with E-state index in [4.69, 9.17) is 12.2 Å². The van der Waals surface area contributed by atoms with Crippen LogP contribution in [0.2, 0.25) is 0 Å². The summed E-state index contributed by atoms with van der Waals surface area (Å²) in [5.41, 5.74) is 0.810. The molecule has 1 aliphatic carbocycles. The molecule has 27 heavy (non-hydrogen) atoms. The Labute approximate surface area is 169 Å². The van der Waals surface area contributed by atoms with Crippen LogP contribution in [0.15, 0.2) is 29.6 Å². The number of pyridine rings is 1. The standard InChI is InChI=1S/C18H25N5O2S2/c1-18(2)15(23(25)16(24)21-14-8-4-3-5-9-14)22(17(26)27-18)20-12-13-7-6-10-19-11-13/h6-7,10-12,14-15,25H,3-5,8-9H2,1-2H3,(H,21,24)/b20-12+. The highest BCUT2D eigenvalue weighted by Gasteiger charge is 2.50. The molecule has 0 bridgehead atoms. The molecule has 2 aliphatic rings. The van der Waals surface area contributed by atoms with Crippen molar-refractivity contribution in [1.82, 2.24) is 20.4 Å². The maximum atomic E-state index is 12.6. The maximum absolute atomic E-state index is 12.6. The molecule has 146 valence electrons. The van der Waals surface area contributed by atoms with Gasteiger partial charge in [0.2, 0.25) is 0 Å². The lowest BCUT2D eigenvalue weighted by Crippen LogP contribution is -2.57. The van der Waals surface area contributed by atoms with Gasteiger partial charge < -0.3 is 5.32 Å². The number of hydroxylamine groups is 2. The van der Waals surface area contributed by atoms with Crippen LogP contribution in [-0.2, 0) is 0 Å². The van der Waals surface area contributed by atoms with Gasteiger partial charge in [0.1, 0.15) is 0 Å². The van der Waals surface area contributed by atoms with Crippen molar-refractivity contribution < 1.29 is 10.0 Å². The molecule has 0 radical (unpaired) electrons. The van der Waals surface area contributed by atoms with Gasteiger partial charge in [0.25, 0.3) is 0 Å². The lowest BCUT2D eigenvalue weighted by Gasteiger charge is -2.35. The first-order valence-electron chi connectivity index (χ1n) is 9.13. The topological polar surface area (TPSA) is 81.1 Å². The van der Waals surface area contributed by atoms with E-state index in [0.29, 0.717) is 4.32 Å². The Kier molecular flexibility index (Phi) is 6.33. The fourth-order valence-corrected chi connectivity index (χ4v) is 5.19. The van der Waals surface area contributed by atoms with Gasteiger partial charge in [-0.15, -0.1) is 0 Å². The van der Waals surface area contributed by atoms with Crippen LogP contribution in [0.4, 0.5) is 4.79 Å². The zero-order valence-electron chi connectivity index (χ0n) is 15.5. The SMILES string of the molecule is CC1(C)SC(=S)N(/N=C/c2cccnc2)C1N(O)C(=O)NC1CCCCC1. The number of nitrogens with one attached hydrogen (secondary N) is 1. The number of aromatic nitrogens is 1. The molecule has 1 aliphatic heterocycles. The molecule has 3 rings (SSSR count). The Morgan fingerprint density at radius 2 is 2.22 bits per heavy atom. The minimum absolute atomic E-state index is 0.109. The molecule has 2 heterocycles. The summed E-state index contributed by atoms with van der Waals surface area (Å²) in [6, 6.07) is 3.29. The quantitative estimate of drug-likeness (QED) is 0.344. The highest BCUT2D eigenvalue weighted by molar-refractivity contribution is 8.24. The molecule has 1 aromatic heterocycles. The number of hydrazone groups is 1. The Balaban J connectivity index is 1.75. The third-order valence-corrected chi connectivity index (χ3v) is 6.31. The molecule has 0 spiro atoms. The summed E-state index contributed by atoms with van der Waals surface area (Å²) in [4.78, 5) is 16.7. The second kappa shape index (κ2) is 8.53. The minimum Gasteiger partial charge on any atom is -0.333 e. The van der Waals surface area contributed by atoms with Gasteiger partial charge in [0.05, 0.1) is 11.0 Å². The zero-order chi connectivity index (χ0) is 19.4. The van der Waals surface area contributed by atoms with Crippen molar-refractivity contribution in [2.24, 2.45) is 5.10 Å². The molecule has 2 amide bonds. The summed E-state index contributed by atoms with van der Waals surface area (Å²) < 4.78 is -0.00295. The number of hydrogen-bond acceptors (Lipinski definition) is 6. The highest BCUT2D eigenvalue weighted by Crippen LogP contribution is 2.42. The lowest BCUT2D eigenvalue weighted by atomic mass is 9.96. The Morgan fingerprint density at radius 1 is 1.48 bits per heavy atom. The second-order valence-electron chi connectivity index (χ2n) is 7.35. The van der Waals surface area contributed by atoms with Crippen LogP contribution in [0.5, 0.6) is 0 Å². The van der Waals surface area contributed by atoms with E-state index in [2.05, 4.69) is 15.4 Å². The van der Waals surface area contributed by atoms with Crippen LogP contribution in [0.25, 0.3) is 0 Å². The van der Waals surface area contributed by atoms with Crippen LogP contribution in [0, 0.1) is 0 Å². The smallest absolute Gasteiger partial charge is 0.333 e. The number of thioether (sulfide) groups is 1. The fourth-order valence-electron chi connectivity index (χ4n) is 3.41. The van der Waals surface area contributed by atoms with Crippen LogP contribution in [0.3, 0.4) is 0 Å². The average molecular weight is 408 g/mol. The zero-order valence-corrected chi connectivity index (χ0v) is 17.2. The molecule has 2 fully saturated rings.